The number of anilines is 1. The summed E-state index contributed by atoms with van der Waals surface area (Å²) >= 11 is 3.51. The molecule has 80 valence electrons. The molecule has 1 N–H and O–H groups in total. The van der Waals surface area contributed by atoms with Crippen LogP contribution >= 0.6 is 22.7 Å². The van der Waals surface area contributed by atoms with E-state index in [1.165, 1.54) is 16.1 Å². The van der Waals surface area contributed by atoms with Gasteiger partial charge in [0.15, 0.2) is 0 Å². The summed E-state index contributed by atoms with van der Waals surface area (Å²) in [6.45, 7) is 7.14. The van der Waals surface area contributed by atoms with E-state index in [0.717, 1.165) is 17.2 Å². The quantitative estimate of drug-likeness (QED) is 0.881. The molecule has 2 aromatic heterocycles. The maximum Gasteiger partial charge on any atom is 0.0900 e. The van der Waals surface area contributed by atoms with Crippen molar-refractivity contribution in [2.45, 2.75) is 27.3 Å². The van der Waals surface area contributed by atoms with E-state index >= 15 is 0 Å². The van der Waals surface area contributed by atoms with Crippen molar-refractivity contribution in [2.24, 2.45) is 0 Å². The minimum absolute atomic E-state index is 0.884. The number of nitrogens with zero attached hydrogens (tertiary/aromatic N) is 1. The van der Waals surface area contributed by atoms with Crippen molar-refractivity contribution in [3.05, 3.63) is 31.9 Å². The van der Waals surface area contributed by atoms with Gasteiger partial charge in [0.2, 0.25) is 0 Å². The van der Waals surface area contributed by atoms with Crippen LogP contribution in [-0.4, -0.2) is 4.98 Å². The lowest BCUT2D eigenvalue weighted by Gasteiger charge is -2.03. The molecular formula is C11H14N2S2. The van der Waals surface area contributed by atoms with Crippen LogP contribution in [0.15, 0.2) is 10.8 Å². The fraction of sp³-hybridized carbons (Fsp3) is 0.364. The van der Waals surface area contributed by atoms with E-state index in [4.69, 9.17) is 0 Å². The number of hydrogen-bond acceptors (Lipinski definition) is 4. The standard InChI is InChI=1S/C11H14N2S2/c1-7-5-14-6-10(7)12-4-11-8(2)13-9(3)15-11/h5-6,12H,4H2,1-3H3. The first kappa shape index (κ1) is 10.6. The maximum atomic E-state index is 4.41. The van der Waals surface area contributed by atoms with Crippen molar-refractivity contribution < 1.29 is 0 Å². The molecule has 0 aliphatic heterocycles. The van der Waals surface area contributed by atoms with Gasteiger partial charge in [-0.1, -0.05) is 0 Å². The van der Waals surface area contributed by atoms with Crippen LogP contribution in [0, 0.1) is 20.8 Å². The second kappa shape index (κ2) is 4.33. The summed E-state index contributed by atoms with van der Waals surface area (Å²) in [5.74, 6) is 0. The van der Waals surface area contributed by atoms with Crippen LogP contribution < -0.4 is 5.32 Å². The highest BCUT2D eigenvalue weighted by molar-refractivity contribution is 7.11. The number of nitrogens with one attached hydrogen (secondary N) is 1. The van der Waals surface area contributed by atoms with E-state index in [9.17, 15) is 0 Å². The number of thiazole rings is 1. The molecule has 0 saturated carbocycles. The van der Waals surface area contributed by atoms with Crippen molar-refractivity contribution in [3.8, 4) is 0 Å². The average molecular weight is 238 g/mol. The largest absolute Gasteiger partial charge is 0.379 e. The Morgan fingerprint density at radius 2 is 2.07 bits per heavy atom. The van der Waals surface area contributed by atoms with Gasteiger partial charge in [-0.3, -0.25) is 0 Å². The highest BCUT2D eigenvalue weighted by atomic mass is 32.1. The van der Waals surface area contributed by atoms with Crippen molar-refractivity contribution in [3.63, 3.8) is 0 Å². The van der Waals surface area contributed by atoms with E-state index < -0.39 is 0 Å². The molecular weight excluding hydrogens is 224 g/mol. The summed E-state index contributed by atoms with van der Waals surface area (Å²) in [5.41, 5.74) is 3.71. The smallest absolute Gasteiger partial charge is 0.0900 e. The molecule has 0 aliphatic rings. The normalized spacial score (nSPS) is 10.6. The van der Waals surface area contributed by atoms with Crippen LogP contribution in [-0.2, 0) is 6.54 Å². The van der Waals surface area contributed by atoms with Crippen LogP contribution in [0.1, 0.15) is 21.1 Å². The van der Waals surface area contributed by atoms with Gasteiger partial charge in [0.1, 0.15) is 0 Å². The van der Waals surface area contributed by atoms with Gasteiger partial charge in [-0.2, -0.15) is 0 Å². The second-order valence-electron chi connectivity index (χ2n) is 3.56. The fourth-order valence-electron chi connectivity index (χ4n) is 1.45. The molecule has 0 fully saturated rings. The maximum absolute atomic E-state index is 4.41. The molecule has 0 bridgehead atoms. The van der Waals surface area contributed by atoms with E-state index in [-0.39, 0.29) is 0 Å². The Hall–Kier alpha value is -0.870. The summed E-state index contributed by atoms with van der Waals surface area (Å²) in [6, 6.07) is 0. The summed E-state index contributed by atoms with van der Waals surface area (Å²) in [4.78, 5) is 5.75. The van der Waals surface area contributed by atoms with Crippen LogP contribution in [0.4, 0.5) is 5.69 Å². The number of thiophene rings is 1. The summed E-state index contributed by atoms with van der Waals surface area (Å²) in [6.07, 6.45) is 0. The third-order valence-corrected chi connectivity index (χ3v) is 4.23. The minimum atomic E-state index is 0.884. The van der Waals surface area contributed by atoms with E-state index in [0.29, 0.717) is 0 Å². The molecule has 0 saturated heterocycles. The average Bonchev–Trinajstić information content (AvgIpc) is 2.70. The Labute approximate surface area is 98.0 Å². The van der Waals surface area contributed by atoms with E-state index in [1.807, 2.05) is 0 Å². The summed E-state index contributed by atoms with van der Waals surface area (Å²) < 4.78 is 0. The third-order valence-electron chi connectivity index (χ3n) is 2.29. The van der Waals surface area contributed by atoms with Gasteiger partial charge >= 0.3 is 0 Å². The lowest BCUT2D eigenvalue weighted by molar-refractivity contribution is 1.11. The zero-order valence-corrected chi connectivity index (χ0v) is 10.8. The molecule has 0 aromatic carbocycles. The van der Waals surface area contributed by atoms with Crippen LogP contribution in [0.5, 0.6) is 0 Å². The Balaban J connectivity index is 2.05. The van der Waals surface area contributed by atoms with Gasteiger partial charge in [-0.25, -0.2) is 4.98 Å². The SMILES string of the molecule is Cc1nc(C)c(CNc2cscc2C)s1. The Morgan fingerprint density at radius 1 is 1.27 bits per heavy atom. The number of rotatable bonds is 3. The highest BCUT2D eigenvalue weighted by Gasteiger charge is 2.05. The monoisotopic (exact) mass is 238 g/mol. The minimum Gasteiger partial charge on any atom is -0.379 e. The van der Waals surface area contributed by atoms with E-state index in [1.54, 1.807) is 22.7 Å². The molecule has 2 rings (SSSR count). The fourth-order valence-corrected chi connectivity index (χ4v) is 3.14. The molecule has 4 heteroatoms. The molecule has 0 amide bonds. The van der Waals surface area contributed by atoms with Crippen LogP contribution in [0.3, 0.4) is 0 Å². The molecule has 0 radical (unpaired) electrons. The van der Waals surface area contributed by atoms with Crippen molar-refractivity contribution in [1.29, 1.82) is 0 Å². The second-order valence-corrected chi connectivity index (χ2v) is 5.59. The van der Waals surface area contributed by atoms with Gasteiger partial charge in [-0.05, 0) is 31.7 Å². The van der Waals surface area contributed by atoms with Gasteiger partial charge in [0, 0.05) is 15.9 Å². The molecule has 0 aliphatic carbocycles. The van der Waals surface area contributed by atoms with Crippen molar-refractivity contribution in [2.75, 3.05) is 5.32 Å². The summed E-state index contributed by atoms with van der Waals surface area (Å²) in [5, 5.41) is 8.90. The van der Waals surface area contributed by atoms with Gasteiger partial charge in [0.05, 0.1) is 17.2 Å². The van der Waals surface area contributed by atoms with E-state index in [2.05, 4.69) is 41.8 Å². The van der Waals surface area contributed by atoms with Gasteiger partial charge < -0.3 is 5.32 Å². The molecule has 2 heterocycles. The topological polar surface area (TPSA) is 24.9 Å². The molecule has 0 unspecified atom stereocenters. The number of hydrogen-bond donors (Lipinski definition) is 1. The number of aromatic nitrogens is 1. The lowest BCUT2D eigenvalue weighted by atomic mass is 10.3. The first-order valence-electron chi connectivity index (χ1n) is 4.86. The van der Waals surface area contributed by atoms with Crippen LogP contribution in [0.25, 0.3) is 0 Å². The first-order valence-corrected chi connectivity index (χ1v) is 6.62. The Bertz CT molecular complexity index is 457. The summed E-state index contributed by atoms with van der Waals surface area (Å²) in [7, 11) is 0. The molecule has 15 heavy (non-hydrogen) atoms. The Kier molecular flexibility index (Phi) is 3.07. The third kappa shape index (κ3) is 2.38. The molecule has 2 nitrogen and oxygen atoms in total. The number of aryl methyl sites for hydroxylation is 3. The zero-order chi connectivity index (χ0) is 10.8. The Morgan fingerprint density at radius 3 is 2.60 bits per heavy atom. The molecule has 2 aromatic rings. The predicted octanol–water partition coefficient (Wildman–Crippen LogP) is 3.74. The zero-order valence-electron chi connectivity index (χ0n) is 9.13. The highest BCUT2D eigenvalue weighted by Crippen LogP contribution is 2.22. The molecule has 0 spiro atoms. The van der Waals surface area contributed by atoms with Crippen molar-refractivity contribution in [1.82, 2.24) is 4.98 Å². The van der Waals surface area contributed by atoms with Crippen molar-refractivity contribution >= 4 is 28.4 Å². The first-order chi connectivity index (χ1) is 7.16. The van der Waals surface area contributed by atoms with Crippen LogP contribution in [0.2, 0.25) is 0 Å². The molecule has 0 atom stereocenters. The van der Waals surface area contributed by atoms with Gasteiger partial charge in [-0.15, -0.1) is 22.7 Å². The van der Waals surface area contributed by atoms with Gasteiger partial charge in [0.25, 0.3) is 0 Å². The predicted molar refractivity (Wildman–Crippen MR) is 68.0 cm³/mol. The lowest BCUT2D eigenvalue weighted by Crippen LogP contribution is -1.98.